The molecule has 0 aliphatic rings. The molecule has 0 radical (unpaired) electrons. The van der Waals surface area contributed by atoms with Gasteiger partial charge in [-0.05, 0) is 30.8 Å². The van der Waals surface area contributed by atoms with Crippen LogP contribution >= 0.6 is 35.2 Å². The molecule has 0 aromatic carbocycles. The van der Waals surface area contributed by atoms with Crippen LogP contribution in [0.1, 0.15) is 11.3 Å². The molecule has 1 aromatic rings. The molecule has 0 saturated carbocycles. The number of thiophene rings is 1. The molecule has 2 N–H and O–H groups in total. The van der Waals surface area contributed by atoms with Gasteiger partial charge in [0.15, 0.2) is 5.11 Å². The van der Waals surface area contributed by atoms with Crippen molar-refractivity contribution in [1.82, 2.24) is 10.6 Å². The predicted molar refractivity (Wildman–Crippen MR) is 73.3 cm³/mol. The van der Waals surface area contributed by atoms with E-state index in [9.17, 15) is 0 Å². The van der Waals surface area contributed by atoms with Gasteiger partial charge in [-0.3, -0.25) is 0 Å². The third-order valence-corrected chi connectivity index (χ3v) is 3.38. The van der Waals surface area contributed by atoms with Crippen LogP contribution in [0, 0.1) is 0 Å². The predicted octanol–water partition coefficient (Wildman–Crippen LogP) is 2.40. The summed E-state index contributed by atoms with van der Waals surface area (Å²) in [5, 5.41) is 6.89. The number of rotatable bonds is 6. The van der Waals surface area contributed by atoms with Gasteiger partial charge in [-0.15, -0.1) is 11.3 Å². The fourth-order valence-corrected chi connectivity index (χ4v) is 2.30. The van der Waals surface area contributed by atoms with Crippen LogP contribution in [0.15, 0.2) is 12.1 Å². The number of hydrogen-bond donors (Lipinski definition) is 2. The molecular formula is C10H15ClN2OS2. The minimum absolute atomic E-state index is 0.667. The largest absolute Gasteiger partial charge is 0.385 e. The summed E-state index contributed by atoms with van der Waals surface area (Å²) in [6, 6.07) is 3.88. The SMILES string of the molecule is COCCCNC(=S)NCc1ccc(Cl)s1. The molecule has 1 heterocycles. The summed E-state index contributed by atoms with van der Waals surface area (Å²) in [5.74, 6) is 0. The molecule has 0 unspecified atom stereocenters. The van der Waals surface area contributed by atoms with Crippen LogP contribution in [-0.2, 0) is 11.3 Å². The number of thiocarbonyl (C=S) groups is 1. The molecule has 0 saturated heterocycles. The lowest BCUT2D eigenvalue weighted by molar-refractivity contribution is 0.195. The van der Waals surface area contributed by atoms with Gasteiger partial charge in [-0.2, -0.15) is 0 Å². The van der Waals surface area contributed by atoms with Gasteiger partial charge in [0.2, 0.25) is 0 Å². The van der Waals surface area contributed by atoms with Gasteiger partial charge in [0.05, 0.1) is 10.9 Å². The number of hydrogen-bond acceptors (Lipinski definition) is 3. The number of nitrogens with one attached hydrogen (secondary N) is 2. The Morgan fingerprint density at radius 3 is 2.94 bits per heavy atom. The molecule has 16 heavy (non-hydrogen) atoms. The van der Waals surface area contributed by atoms with E-state index in [0.717, 1.165) is 23.9 Å². The van der Waals surface area contributed by atoms with Gasteiger partial charge in [0.25, 0.3) is 0 Å². The molecule has 3 nitrogen and oxygen atoms in total. The Hall–Kier alpha value is -0.360. The molecule has 0 amide bonds. The Morgan fingerprint density at radius 1 is 1.50 bits per heavy atom. The van der Waals surface area contributed by atoms with Crippen molar-refractivity contribution < 1.29 is 4.74 Å². The molecule has 0 fully saturated rings. The summed E-state index contributed by atoms with van der Waals surface area (Å²) in [5.41, 5.74) is 0. The summed E-state index contributed by atoms with van der Waals surface area (Å²) in [6.45, 7) is 2.29. The maximum Gasteiger partial charge on any atom is 0.166 e. The van der Waals surface area contributed by atoms with Crippen LogP contribution in [0.4, 0.5) is 0 Å². The maximum absolute atomic E-state index is 5.82. The topological polar surface area (TPSA) is 33.3 Å². The maximum atomic E-state index is 5.82. The zero-order valence-electron chi connectivity index (χ0n) is 9.09. The monoisotopic (exact) mass is 278 g/mol. The Bertz CT molecular complexity index is 330. The van der Waals surface area contributed by atoms with E-state index in [0.29, 0.717) is 11.7 Å². The van der Waals surface area contributed by atoms with Gasteiger partial charge < -0.3 is 15.4 Å². The van der Waals surface area contributed by atoms with E-state index in [-0.39, 0.29) is 0 Å². The minimum atomic E-state index is 0.667. The normalized spacial score (nSPS) is 10.1. The van der Waals surface area contributed by atoms with Crippen LogP contribution < -0.4 is 10.6 Å². The van der Waals surface area contributed by atoms with E-state index in [4.69, 9.17) is 28.6 Å². The van der Waals surface area contributed by atoms with Gasteiger partial charge >= 0.3 is 0 Å². The molecular weight excluding hydrogens is 264 g/mol. The van der Waals surface area contributed by atoms with Crippen molar-refractivity contribution in [3.05, 3.63) is 21.3 Å². The highest BCUT2D eigenvalue weighted by Crippen LogP contribution is 2.20. The lowest BCUT2D eigenvalue weighted by Crippen LogP contribution is -2.35. The van der Waals surface area contributed by atoms with Crippen molar-refractivity contribution in [3.8, 4) is 0 Å². The van der Waals surface area contributed by atoms with E-state index in [1.807, 2.05) is 12.1 Å². The summed E-state index contributed by atoms with van der Waals surface area (Å²) in [4.78, 5) is 1.17. The highest BCUT2D eigenvalue weighted by Gasteiger charge is 1.99. The Morgan fingerprint density at radius 2 is 2.31 bits per heavy atom. The standard InChI is InChI=1S/C10H15ClN2OS2/c1-14-6-2-5-12-10(15)13-7-8-3-4-9(11)16-8/h3-4H,2,5-7H2,1H3,(H2,12,13,15). The summed E-state index contributed by atoms with van der Waals surface area (Å²) in [7, 11) is 1.69. The van der Waals surface area contributed by atoms with E-state index < -0.39 is 0 Å². The summed E-state index contributed by atoms with van der Waals surface area (Å²) >= 11 is 12.5. The van der Waals surface area contributed by atoms with Crippen LogP contribution in [0.3, 0.4) is 0 Å². The van der Waals surface area contributed by atoms with Crippen LogP contribution in [0.5, 0.6) is 0 Å². The molecule has 1 aromatic heterocycles. The number of methoxy groups -OCH3 is 1. The van der Waals surface area contributed by atoms with E-state index >= 15 is 0 Å². The van der Waals surface area contributed by atoms with Crippen molar-refractivity contribution >= 4 is 40.3 Å². The Kier molecular flexibility index (Phi) is 6.71. The lowest BCUT2D eigenvalue weighted by Gasteiger charge is -2.09. The lowest BCUT2D eigenvalue weighted by atomic mass is 10.4. The van der Waals surface area contributed by atoms with Crippen molar-refractivity contribution in [2.24, 2.45) is 0 Å². The zero-order chi connectivity index (χ0) is 11.8. The third kappa shape index (κ3) is 5.65. The average Bonchev–Trinajstić information content (AvgIpc) is 2.68. The van der Waals surface area contributed by atoms with Gasteiger partial charge in [-0.1, -0.05) is 11.6 Å². The molecule has 0 bridgehead atoms. The first kappa shape index (κ1) is 13.7. The quantitative estimate of drug-likeness (QED) is 0.618. The molecule has 1 rings (SSSR count). The first-order valence-corrected chi connectivity index (χ1v) is 6.57. The van der Waals surface area contributed by atoms with Crippen molar-refractivity contribution in [2.45, 2.75) is 13.0 Å². The minimum Gasteiger partial charge on any atom is -0.385 e. The van der Waals surface area contributed by atoms with Gasteiger partial charge in [0.1, 0.15) is 0 Å². The molecule has 6 heteroatoms. The molecule has 0 atom stereocenters. The highest BCUT2D eigenvalue weighted by molar-refractivity contribution is 7.80. The van der Waals surface area contributed by atoms with Crippen molar-refractivity contribution in [3.63, 3.8) is 0 Å². The van der Waals surface area contributed by atoms with Crippen LogP contribution in [0.25, 0.3) is 0 Å². The van der Waals surface area contributed by atoms with Gasteiger partial charge in [0, 0.05) is 25.1 Å². The fraction of sp³-hybridized carbons (Fsp3) is 0.500. The number of ether oxygens (including phenoxy) is 1. The fourth-order valence-electron chi connectivity index (χ4n) is 1.10. The van der Waals surface area contributed by atoms with E-state index in [2.05, 4.69) is 10.6 Å². The Balaban J connectivity index is 2.10. The van der Waals surface area contributed by atoms with E-state index in [1.54, 1.807) is 18.4 Å². The second-order valence-corrected chi connectivity index (χ2v) is 5.37. The van der Waals surface area contributed by atoms with Crippen LogP contribution in [-0.4, -0.2) is 25.4 Å². The van der Waals surface area contributed by atoms with Crippen LogP contribution in [0.2, 0.25) is 4.34 Å². The molecule has 0 aliphatic carbocycles. The molecule has 90 valence electrons. The molecule has 0 aliphatic heterocycles. The first-order valence-electron chi connectivity index (χ1n) is 4.97. The first-order chi connectivity index (χ1) is 7.72. The van der Waals surface area contributed by atoms with Crippen molar-refractivity contribution in [1.29, 1.82) is 0 Å². The summed E-state index contributed by atoms with van der Waals surface area (Å²) < 4.78 is 5.74. The second kappa shape index (κ2) is 7.84. The second-order valence-electron chi connectivity index (χ2n) is 3.16. The smallest absolute Gasteiger partial charge is 0.166 e. The van der Waals surface area contributed by atoms with E-state index in [1.165, 1.54) is 4.88 Å². The third-order valence-electron chi connectivity index (χ3n) is 1.86. The summed E-state index contributed by atoms with van der Waals surface area (Å²) in [6.07, 6.45) is 0.948. The number of halogens is 1. The molecule has 0 spiro atoms. The average molecular weight is 279 g/mol. The highest BCUT2D eigenvalue weighted by atomic mass is 35.5. The zero-order valence-corrected chi connectivity index (χ0v) is 11.5. The van der Waals surface area contributed by atoms with Gasteiger partial charge in [-0.25, -0.2) is 0 Å². The Labute approximate surface area is 110 Å². The van der Waals surface area contributed by atoms with Crippen molar-refractivity contribution in [2.75, 3.05) is 20.3 Å².